The Balaban J connectivity index is 2.14. The molecule has 1 amide bonds. The van der Waals surface area contributed by atoms with Gasteiger partial charge in [0.1, 0.15) is 17.3 Å². The number of amides is 1. The van der Waals surface area contributed by atoms with Crippen LogP contribution in [0.3, 0.4) is 0 Å². The first-order chi connectivity index (χ1) is 14.4. The smallest absolute Gasteiger partial charge is 0.295 e. The number of carbonyl (C=O) groups is 2. The molecule has 1 unspecified atom stereocenters. The fraction of sp³-hybridized carbons (Fsp3) is 0.217. The number of carbonyl (C=O) groups excluding carboxylic acids is 2. The molecule has 6 nitrogen and oxygen atoms in total. The summed E-state index contributed by atoms with van der Waals surface area (Å²) in [6, 6.07) is 10.9. The van der Waals surface area contributed by atoms with Crippen LogP contribution in [0.2, 0.25) is 5.02 Å². The Morgan fingerprint density at radius 1 is 1.23 bits per heavy atom. The number of methoxy groups -OCH3 is 1. The maximum atomic E-state index is 12.8. The average molecular weight is 428 g/mol. The van der Waals surface area contributed by atoms with Gasteiger partial charge in [-0.05, 0) is 42.8 Å². The molecule has 1 saturated heterocycles. The number of hydrogen-bond acceptors (Lipinski definition) is 5. The predicted octanol–water partition coefficient (Wildman–Crippen LogP) is 4.36. The zero-order valence-corrected chi connectivity index (χ0v) is 17.5. The Bertz CT molecular complexity index is 1010. The van der Waals surface area contributed by atoms with Gasteiger partial charge < -0.3 is 19.5 Å². The van der Waals surface area contributed by atoms with E-state index in [4.69, 9.17) is 21.1 Å². The van der Waals surface area contributed by atoms with Crippen molar-refractivity contribution < 1.29 is 24.2 Å². The quantitative estimate of drug-likeness (QED) is 0.307. The molecule has 7 heteroatoms. The van der Waals surface area contributed by atoms with Crippen LogP contribution < -0.4 is 9.47 Å². The Hall–Kier alpha value is -3.25. The highest BCUT2D eigenvalue weighted by molar-refractivity contribution is 6.46. The highest BCUT2D eigenvalue weighted by Crippen LogP contribution is 2.40. The number of halogens is 1. The number of aliphatic hydroxyl groups excluding tert-OH is 1. The molecule has 1 heterocycles. The minimum Gasteiger partial charge on any atom is -0.507 e. The Morgan fingerprint density at radius 2 is 1.93 bits per heavy atom. The molecule has 30 heavy (non-hydrogen) atoms. The molecule has 0 spiro atoms. The van der Waals surface area contributed by atoms with Gasteiger partial charge in [-0.2, -0.15) is 0 Å². The minimum absolute atomic E-state index is 0.00718. The fourth-order valence-electron chi connectivity index (χ4n) is 3.42. The molecule has 0 aromatic heterocycles. The third kappa shape index (κ3) is 3.91. The largest absolute Gasteiger partial charge is 0.507 e. The second kappa shape index (κ2) is 9.05. The lowest BCUT2D eigenvalue weighted by Crippen LogP contribution is -2.29. The SMILES string of the molecule is C=CCN1C(=O)C(=O)/C(=C(\O)c2ccc(OCC)c(Cl)c2)C1c1ccc(OC)cc1. The van der Waals surface area contributed by atoms with Crippen molar-refractivity contribution in [2.45, 2.75) is 13.0 Å². The van der Waals surface area contributed by atoms with Crippen molar-refractivity contribution in [2.24, 2.45) is 0 Å². The van der Waals surface area contributed by atoms with Gasteiger partial charge in [-0.25, -0.2) is 0 Å². The number of ether oxygens (including phenoxy) is 2. The monoisotopic (exact) mass is 427 g/mol. The van der Waals surface area contributed by atoms with E-state index in [9.17, 15) is 14.7 Å². The van der Waals surface area contributed by atoms with E-state index in [1.165, 1.54) is 17.0 Å². The van der Waals surface area contributed by atoms with E-state index in [2.05, 4.69) is 6.58 Å². The molecule has 2 aromatic carbocycles. The summed E-state index contributed by atoms with van der Waals surface area (Å²) in [4.78, 5) is 26.9. The van der Waals surface area contributed by atoms with Gasteiger partial charge in [0, 0.05) is 12.1 Å². The standard InChI is InChI=1S/C23H22ClNO5/c1-4-12-25-20(14-6-9-16(29-3)10-7-14)19(22(27)23(25)28)21(26)15-8-11-18(30-5-2)17(24)13-15/h4,6-11,13,20,26H,1,5,12H2,2-3H3/b21-19-. The fourth-order valence-corrected chi connectivity index (χ4v) is 3.65. The third-order valence-electron chi connectivity index (χ3n) is 4.80. The second-order valence-electron chi connectivity index (χ2n) is 6.59. The van der Waals surface area contributed by atoms with Crippen LogP contribution in [0.25, 0.3) is 5.76 Å². The first-order valence-corrected chi connectivity index (χ1v) is 9.76. The summed E-state index contributed by atoms with van der Waals surface area (Å²) < 4.78 is 10.6. The van der Waals surface area contributed by atoms with E-state index in [1.54, 1.807) is 43.5 Å². The van der Waals surface area contributed by atoms with Crippen LogP contribution in [0, 0.1) is 0 Å². The van der Waals surface area contributed by atoms with Gasteiger partial charge >= 0.3 is 0 Å². The van der Waals surface area contributed by atoms with Gasteiger partial charge in [0.2, 0.25) is 0 Å². The summed E-state index contributed by atoms with van der Waals surface area (Å²) in [7, 11) is 1.55. The molecule has 2 aromatic rings. The summed E-state index contributed by atoms with van der Waals surface area (Å²) in [5, 5.41) is 11.3. The van der Waals surface area contributed by atoms with Crippen LogP contribution in [0.5, 0.6) is 11.5 Å². The van der Waals surface area contributed by atoms with Gasteiger partial charge in [-0.15, -0.1) is 6.58 Å². The number of hydrogen-bond donors (Lipinski definition) is 1. The van der Waals surface area contributed by atoms with Gasteiger partial charge in [0.05, 0.1) is 30.4 Å². The van der Waals surface area contributed by atoms with Crippen molar-refractivity contribution in [1.82, 2.24) is 4.90 Å². The molecule has 1 aliphatic rings. The summed E-state index contributed by atoms with van der Waals surface area (Å²) in [5.41, 5.74) is 0.973. The summed E-state index contributed by atoms with van der Waals surface area (Å²) in [6.07, 6.45) is 1.54. The normalized spacial score (nSPS) is 17.8. The molecule has 1 atom stereocenters. The summed E-state index contributed by atoms with van der Waals surface area (Å²) >= 11 is 6.24. The highest BCUT2D eigenvalue weighted by atomic mass is 35.5. The molecular weight excluding hydrogens is 406 g/mol. The van der Waals surface area contributed by atoms with Crippen molar-refractivity contribution in [3.8, 4) is 11.5 Å². The van der Waals surface area contributed by atoms with Gasteiger partial charge in [-0.1, -0.05) is 29.8 Å². The molecular formula is C23H22ClNO5. The van der Waals surface area contributed by atoms with Crippen LogP contribution >= 0.6 is 11.6 Å². The minimum atomic E-state index is -0.765. The zero-order valence-electron chi connectivity index (χ0n) is 16.7. The van der Waals surface area contributed by atoms with Crippen LogP contribution in [-0.2, 0) is 9.59 Å². The number of aliphatic hydroxyl groups is 1. The van der Waals surface area contributed by atoms with Crippen molar-refractivity contribution in [1.29, 1.82) is 0 Å². The topological polar surface area (TPSA) is 76.1 Å². The molecule has 1 N–H and O–H groups in total. The van der Waals surface area contributed by atoms with Crippen LogP contribution in [0.1, 0.15) is 24.1 Å². The summed E-state index contributed by atoms with van der Waals surface area (Å²) in [5.74, 6) is -0.660. The molecule has 156 valence electrons. The number of likely N-dealkylation sites (tertiary alicyclic amines) is 1. The number of rotatable bonds is 7. The molecule has 0 radical (unpaired) electrons. The number of nitrogens with zero attached hydrogens (tertiary/aromatic N) is 1. The van der Waals surface area contributed by atoms with Crippen molar-refractivity contribution in [2.75, 3.05) is 20.3 Å². The van der Waals surface area contributed by atoms with E-state index in [0.717, 1.165) is 0 Å². The van der Waals surface area contributed by atoms with E-state index < -0.39 is 17.7 Å². The zero-order chi connectivity index (χ0) is 21.8. The van der Waals surface area contributed by atoms with Gasteiger partial charge in [0.25, 0.3) is 11.7 Å². The Labute approximate surface area is 180 Å². The first kappa shape index (κ1) is 21.5. The van der Waals surface area contributed by atoms with E-state index in [-0.39, 0.29) is 17.9 Å². The lowest BCUT2D eigenvalue weighted by Gasteiger charge is -2.24. The van der Waals surface area contributed by atoms with Crippen LogP contribution in [-0.4, -0.2) is 42.0 Å². The molecule has 0 saturated carbocycles. The predicted molar refractivity (Wildman–Crippen MR) is 115 cm³/mol. The van der Waals surface area contributed by atoms with Crippen molar-refractivity contribution >= 4 is 29.1 Å². The number of benzene rings is 2. The maximum absolute atomic E-state index is 12.8. The molecule has 0 bridgehead atoms. The molecule has 0 aliphatic carbocycles. The molecule has 1 aliphatic heterocycles. The van der Waals surface area contributed by atoms with Crippen molar-refractivity contribution in [3.63, 3.8) is 0 Å². The third-order valence-corrected chi connectivity index (χ3v) is 5.10. The maximum Gasteiger partial charge on any atom is 0.295 e. The first-order valence-electron chi connectivity index (χ1n) is 9.38. The Morgan fingerprint density at radius 3 is 2.50 bits per heavy atom. The lowest BCUT2D eigenvalue weighted by molar-refractivity contribution is -0.139. The van der Waals surface area contributed by atoms with Crippen molar-refractivity contribution in [3.05, 3.63) is 76.8 Å². The highest BCUT2D eigenvalue weighted by Gasteiger charge is 2.45. The van der Waals surface area contributed by atoms with E-state index in [1.807, 2.05) is 6.92 Å². The molecule has 3 rings (SSSR count). The average Bonchev–Trinajstić information content (AvgIpc) is 3.00. The second-order valence-corrected chi connectivity index (χ2v) is 7.00. The molecule has 1 fully saturated rings. The van der Waals surface area contributed by atoms with Gasteiger partial charge in [0.15, 0.2) is 0 Å². The summed E-state index contributed by atoms with van der Waals surface area (Å²) in [6.45, 7) is 6.10. The van der Waals surface area contributed by atoms with Gasteiger partial charge in [-0.3, -0.25) is 9.59 Å². The number of Topliss-reactive ketones (excluding diaryl/α,β-unsaturated/α-hetero) is 1. The van der Waals surface area contributed by atoms with Crippen LogP contribution in [0.15, 0.2) is 60.7 Å². The lowest BCUT2D eigenvalue weighted by atomic mass is 9.95. The van der Waals surface area contributed by atoms with E-state index in [0.29, 0.717) is 34.3 Å². The Kier molecular flexibility index (Phi) is 6.47. The van der Waals surface area contributed by atoms with Crippen LogP contribution in [0.4, 0.5) is 0 Å². The number of ketones is 1. The van der Waals surface area contributed by atoms with E-state index >= 15 is 0 Å².